The largest absolute Gasteiger partial charge is 0.205 e. The summed E-state index contributed by atoms with van der Waals surface area (Å²) < 4.78 is 4.77. The van der Waals surface area contributed by atoms with Crippen molar-refractivity contribution in [2.75, 3.05) is 0 Å². The molecule has 0 aromatic carbocycles. The Hall–Kier alpha value is -2.22. The monoisotopic (exact) mass is 771 g/mol. The highest BCUT2D eigenvalue weighted by Gasteiger charge is 2.05. The predicted octanol–water partition coefficient (Wildman–Crippen LogP) is 16.5. The highest BCUT2D eigenvalue weighted by molar-refractivity contribution is 5.07. The fourth-order valence-corrected chi connectivity index (χ4v) is 8.06. The third-order valence-corrected chi connectivity index (χ3v) is 12.0. The van der Waals surface area contributed by atoms with Gasteiger partial charge in [0.25, 0.3) is 0 Å². The molecule has 0 bridgehead atoms. The Bertz CT molecular complexity index is 1040. The summed E-state index contributed by atoms with van der Waals surface area (Å²) in [7, 11) is 0. The molecule has 2 rings (SSSR count). The van der Waals surface area contributed by atoms with E-state index >= 15 is 0 Å². The smallest absolute Gasteiger partial charge is 0.169 e. The van der Waals surface area contributed by atoms with Crippen LogP contribution in [0.3, 0.4) is 0 Å². The molecule has 0 fully saturated rings. The maximum absolute atomic E-state index is 2.44. The lowest BCUT2D eigenvalue weighted by molar-refractivity contribution is -0.698. The van der Waals surface area contributed by atoms with Gasteiger partial charge in [-0.25, -0.2) is 9.13 Å². The van der Waals surface area contributed by atoms with E-state index in [1.54, 1.807) is 0 Å². The summed E-state index contributed by atoms with van der Waals surface area (Å²) in [5.74, 6) is 0. The van der Waals surface area contributed by atoms with Gasteiger partial charge in [-0.3, -0.25) is 0 Å². The second kappa shape index (κ2) is 39.6. The number of hydrogen-bond acceptors (Lipinski definition) is 0. The van der Waals surface area contributed by atoms with Crippen molar-refractivity contribution in [3.05, 3.63) is 84.5 Å². The van der Waals surface area contributed by atoms with Crippen LogP contribution in [0.4, 0.5) is 0 Å². The van der Waals surface area contributed by atoms with Gasteiger partial charge in [0, 0.05) is 37.1 Å². The van der Waals surface area contributed by atoms with Crippen molar-refractivity contribution in [3.8, 4) is 0 Å². The minimum atomic E-state index is 1.15. The maximum atomic E-state index is 2.44. The topological polar surface area (TPSA) is 7.76 Å². The lowest BCUT2D eigenvalue weighted by atomic mass is 10.0. The highest BCUT2D eigenvalue weighted by atomic mass is 14.9. The van der Waals surface area contributed by atoms with Crippen LogP contribution >= 0.6 is 0 Å². The van der Waals surface area contributed by atoms with Crippen molar-refractivity contribution in [2.24, 2.45) is 0 Å². The molecule has 0 aliphatic rings. The Morgan fingerprint density at radius 2 is 0.554 bits per heavy atom. The number of hydrogen-bond donors (Lipinski definition) is 0. The van der Waals surface area contributed by atoms with Gasteiger partial charge in [-0.1, -0.05) is 167 Å². The minimum Gasteiger partial charge on any atom is -0.205 e. The third kappa shape index (κ3) is 31.8. The summed E-state index contributed by atoms with van der Waals surface area (Å²) in [6.45, 7) is 6.89. The van der Waals surface area contributed by atoms with Gasteiger partial charge >= 0.3 is 0 Å². The quantitative estimate of drug-likeness (QED) is 0.0361. The Balaban J connectivity index is 1.34. The zero-order chi connectivity index (χ0) is 39.7. The SMILES string of the molecule is CCCCCCCC/C=C\CCCCCCCCCc1cc[n+](CCCCCC[n+]2ccc(CCCCCCCCC/C=C/CCCCCCCC)cc2)cc1. The van der Waals surface area contributed by atoms with Crippen LogP contribution in [0.25, 0.3) is 0 Å². The molecule has 0 spiro atoms. The molecule has 2 nitrogen and oxygen atoms in total. The van der Waals surface area contributed by atoms with Gasteiger partial charge in [-0.05, 0) is 101 Å². The van der Waals surface area contributed by atoms with Crippen molar-refractivity contribution in [1.29, 1.82) is 0 Å². The Labute approximate surface area is 350 Å². The average molecular weight is 771 g/mol. The number of aryl methyl sites for hydroxylation is 4. The second-order valence-corrected chi connectivity index (χ2v) is 17.4. The predicted molar refractivity (Wildman–Crippen MR) is 247 cm³/mol. The average Bonchev–Trinajstić information content (AvgIpc) is 3.22. The summed E-state index contributed by atoms with van der Waals surface area (Å²) in [5.41, 5.74) is 3.02. The lowest BCUT2D eigenvalue weighted by Gasteiger charge is -2.03. The molecule has 0 unspecified atom stereocenters. The molecule has 0 aliphatic carbocycles. The first-order chi connectivity index (χ1) is 27.8. The van der Waals surface area contributed by atoms with Crippen LogP contribution < -0.4 is 9.13 Å². The number of pyridine rings is 2. The van der Waals surface area contributed by atoms with Crippen LogP contribution in [0.2, 0.25) is 0 Å². The van der Waals surface area contributed by atoms with E-state index in [0.717, 1.165) is 13.1 Å². The lowest BCUT2D eigenvalue weighted by Crippen LogP contribution is -2.33. The number of aromatic nitrogens is 2. The number of allylic oxidation sites excluding steroid dienone is 4. The molecule has 0 atom stereocenters. The van der Waals surface area contributed by atoms with Crippen LogP contribution in [0.1, 0.15) is 243 Å². The molecule has 2 aromatic rings. The van der Waals surface area contributed by atoms with Gasteiger partial charge in [-0.15, -0.1) is 0 Å². The summed E-state index contributed by atoms with van der Waals surface area (Å²) in [6.07, 6.45) is 68.2. The normalized spacial score (nSPS) is 11.8. The van der Waals surface area contributed by atoms with Crippen molar-refractivity contribution < 1.29 is 9.13 Å². The number of nitrogens with zero attached hydrogens (tertiary/aromatic N) is 2. The third-order valence-electron chi connectivity index (χ3n) is 12.0. The van der Waals surface area contributed by atoms with Crippen LogP contribution in [-0.2, 0) is 25.9 Å². The van der Waals surface area contributed by atoms with Gasteiger partial charge in [0.05, 0.1) is 0 Å². The van der Waals surface area contributed by atoms with Crippen molar-refractivity contribution in [1.82, 2.24) is 0 Å². The first kappa shape index (κ1) is 49.9. The van der Waals surface area contributed by atoms with Gasteiger partial charge in [0.1, 0.15) is 13.1 Å². The van der Waals surface area contributed by atoms with E-state index < -0.39 is 0 Å². The van der Waals surface area contributed by atoms with Crippen LogP contribution in [0.5, 0.6) is 0 Å². The molecular formula is C54H94N2+2. The van der Waals surface area contributed by atoms with E-state index in [0.29, 0.717) is 0 Å². The van der Waals surface area contributed by atoms with Gasteiger partial charge in [0.15, 0.2) is 24.8 Å². The zero-order valence-corrected chi connectivity index (χ0v) is 37.7. The molecule has 2 aromatic heterocycles. The molecule has 2 heterocycles. The first-order valence-electron chi connectivity index (χ1n) is 25.1. The summed E-state index contributed by atoms with van der Waals surface area (Å²) in [5, 5.41) is 0. The van der Waals surface area contributed by atoms with Crippen LogP contribution in [0.15, 0.2) is 73.4 Å². The first-order valence-corrected chi connectivity index (χ1v) is 25.1. The number of unbranched alkanes of at least 4 members (excludes halogenated alkanes) is 29. The van der Waals surface area contributed by atoms with E-state index in [2.05, 4.69) is 96.3 Å². The van der Waals surface area contributed by atoms with E-state index in [1.165, 1.54) is 242 Å². The molecule has 0 saturated carbocycles. The molecular weight excluding hydrogens is 677 g/mol. The molecule has 2 heteroatoms. The molecule has 0 N–H and O–H groups in total. The minimum absolute atomic E-state index is 1.15. The molecule has 0 aliphatic heterocycles. The summed E-state index contributed by atoms with van der Waals surface area (Å²) in [6, 6.07) is 9.44. The Morgan fingerprint density at radius 3 is 0.857 bits per heavy atom. The molecule has 318 valence electrons. The van der Waals surface area contributed by atoms with Crippen molar-refractivity contribution >= 4 is 0 Å². The number of rotatable bonds is 41. The summed E-state index contributed by atoms with van der Waals surface area (Å²) in [4.78, 5) is 0. The van der Waals surface area contributed by atoms with Crippen LogP contribution in [0, 0.1) is 0 Å². The van der Waals surface area contributed by atoms with E-state index in [9.17, 15) is 0 Å². The van der Waals surface area contributed by atoms with Gasteiger partial charge < -0.3 is 0 Å². The Kier molecular flexibility index (Phi) is 35.3. The zero-order valence-electron chi connectivity index (χ0n) is 37.7. The van der Waals surface area contributed by atoms with E-state index in [4.69, 9.17) is 0 Å². The van der Waals surface area contributed by atoms with Crippen molar-refractivity contribution in [2.45, 2.75) is 258 Å². The van der Waals surface area contributed by atoms with Gasteiger partial charge in [0.2, 0.25) is 0 Å². The van der Waals surface area contributed by atoms with Crippen LogP contribution in [-0.4, -0.2) is 0 Å². The standard InChI is InChI=1S/C54H94N2/c1-3-5-7-9-11-13-15-17-19-21-23-25-27-29-31-33-37-41-53-43-49-55(50-44-53)47-39-35-36-40-48-56-51-45-54(46-52-56)42-38-34-32-30-28-26-24-22-20-18-16-14-12-10-8-6-4-2/h17-20,43-46,49-52H,3-16,21-42,47-48H2,1-2H3/q+2/b19-17-,20-18+. The molecule has 0 saturated heterocycles. The maximum Gasteiger partial charge on any atom is 0.169 e. The molecule has 56 heavy (non-hydrogen) atoms. The van der Waals surface area contributed by atoms with E-state index in [1.807, 2.05) is 0 Å². The van der Waals surface area contributed by atoms with Crippen molar-refractivity contribution in [3.63, 3.8) is 0 Å². The molecule has 0 amide bonds. The fraction of sp³-hybridized carbons (Fsp3) is 0.741. The Morgan fingerprint density at radius 1 is 0.304 bits per heavy atom. The second-order valence-electron chi connectivity index (χ2n) is 17.4. The fourth-order valence-electron chi connectivity index (χ4n) is 8.06. The highest BCUT2D eigenvalue weighted by Crippen LogP contribution is 2.14. The van der Waals surface area contributed by atoms with E-state index in [-0.39, 0.29) is 0 Å². The molecule has 0 radical (unpaired) electrons. The van der Waals surface area contributed by atoms with Gasteiger partial charge in [-0.2, -0.15) is 0 Å². The summed E-state index contributed by atoms with van der Waals surface area (Å²) >= 11 is 0.